The Labute approximate surface area is 101 Å². The number of tetrazole rings is 1. The largest absolute Gasteiger partial charge is 0.342 e. The van der Waals surface area contributed by atoms with Crippen molar-refractivity contribution in [2.75, 3.05) is 13.1 Å². The molecule has 1 unspecified atom stereocenters. The molecule has 0 aliphatic carbocycles. The van der Waals surface area contributed by atoms with Gasteiger partial charge in [-0.15, -0.1) is 10.2 Å². The van der Waals surface area contributed by atoms with E-state index in [0.29, 0.717) is 12.4 Å². The standard InChI is InChI=1S/C10H20N6O/c1-5-16(6-2)10(17)8(3)11-7-9-12-14-15(4)13-9/h8,11H,5-7H2,1-4H3. The molecule has 1 N–H and O–H groups in total. The second-order valence-corrected chi connectivity index (χ2v) is 3.81. The smallest absolute Gasteiger partial charge is 0.239 e. The van der Waals surface area contributed by atoms with E-state index in [2.05, 4.69) is 20.7 Å². The van der Waals surface area contributed by atoms with E-state index in [1.54, 1.807) is 11.9 Å². The molecule has 0 aromatic carbocycles. The second-order valence-electron chi connectivity index (χ2n) is 3.81. The Balaban J connectivity index is 2.43. The Kier molecular flexibility index (Phi) is 5.02. The minimum Gasteiger partial charge on any atom is -0.342 e. The molecule has 1 aromatic heterocycles. The molecule has 1 atom stereocenters. The highest BCUT2D eigenvalue weighted by molar-refractivity contribution is 5.81. The molecule has 7 heteroatoms. The maximum Gasteiger partial charge on any atom is 0.239 e. The Bertz CT molecular complexity index is 359. The summed E-state index contributed by atoms with van der Waals surface area (Å²) in [6.45, 7) is 7.69. The summed E-state index contributed by atoms with van der Waals surface area (Å²) in [5.41, 5.74) is 0. The number of carbonyl (C=O) groups excluding carboxylic acids is 1. The first-order chi connectivity index (χ1) is 8.08. The van der Waals surface area contributed by atoms with E-state index in [0.717, 1.165) is 13.1 Å². The molecule has 1 heterocycles. The molecular weight excluding hydrogens is 220 g/mol. The van der Waals surface area contributed by atoms with Gasteiger partial charge in [-0.05, 0) is 26.0 Å². The molecule has 96 valence electrons. The van der Waals surface area contributed by atoms with Crippen LogP contribution in [0.2, 0.25) is 0 Å². The minimum atomic E-state index is -0.237. The zero-order valence-electron chi connectivity index (χ0n) is 10.8. The quantitative estimate of drug-likeness (QED) is 0.729. The molecule has 0 saturated carbocycles. The Morgan fingerprint density at radius 1 is 1.47 bits per heavy atom. The molecule has 17 heavy (non-hydrogen) atoms. The van der Waals surface area contributed by atoms with E-state index in [4.69, 9.17) is 0 Å². The van der Waals surface area contributed by atoms with Gasteiger partial charge >= 0.3 is 0 Å². The van der Waals surface area contributed by atoms with Crippen molar-refractivity contribution in [2.45, 2.75) is 33.4 Å². The molecule has 0 aliphatic heterocycles. The lowest BCUT2D eigenvalue weighted by molar-refractivity contribution is -0.132. The fourth-order valence-electron chi connectivity index (χ4n) is 1.53. The number of nitrogens with zero attached hydrogens (tertiary/aromatic N) is 5. The number of likely N-dealkylation sites (N-methyl/N-ethyl adjacent to an activating group) is 1. The monoisotopic (exact) mass is 240 g/mol. The lowest BCUT2D eigenvalue weighted by Gasteiger charge is -2.23. The van der Waals surface area contributed by atoms with Crippen molar-refractivity contribution in [1.29, 1.82) is 0 Å². The Hall–Kier alpha value is -1.50. The van der Waals surface area contributed by atoms with Crippen molar-refractivity contribution in [1.82, 2.24) is 30.4 Å². The average molecular weight is 240 g/mol. The zero-order valence-corrected chi connectivity index (χ0v) is 10.8. The predicted molar refractivity (Wildman–Crippen MR) is 63.0 cm³/mol. The van der Waals surface area contributed by atoms with Gasteiger partial charge in [0.2, 0.25) is 5.91 Å². The van der Waals surface area contributed by atoms with E-state index in [-0.39, 0.29) is 11.9 Å². The third-order valence-corrected chi connectivity index (χ3v) is 2.56. The van der Waals surface area contributed by atoms with Crippen LogP contribution in [0.15, 0.2) is 0 Å². The summed E-state index contributed by atoms with van der Waals surface area (Å²) in [6.07, 6.45) is 0. The summed E-state index contributed by atoms with van der Waals surface area (Å²) in [6, 6.07) is -0.237. The van der Waals surface area contributed by atoms with Crippen molar-refractivity contribution in [2.24, 2.45) is 7.05 Å². The number of aromatic nitrogens is 4. The Morgan fingerprint density at radius 2 is 2.12 bits per heavy atom. The maximum atomic E-state index is 11.9. The molecule has 1 rings (SSSR count). The van der Waals surface area contributed by atoms with Gasteiger partial charge in [-0.3, -0.25) is 10.1 Å². The number of amides is 1. The summed E-state index contributed by atoms with van der Waals surface area (Å²) in [4.78, 5) is 15.1. The molecule has 7 nitrogen and oxygen atoms in total. The molecule has 0 saturated heterocycles. The van der Waals surface area contributed by atoms with Crippen LogP contribution in [0.3, 0.4) is 0 Å². The molecule has 0 radical (unpaired) electrons. The number of aryl methyl sites for hydroxylation is 1. The average Bonchev–Trinajstić information content (AvgIpc) is 2.73. The predicted octanol–water partition coefficient (Wildman–Crippen LogP) is -0.443. The highest BCUT2D eigenvalue weighted by Crippen LogP contribution is 1.96. The molecule has 0 bridgehead atoms. The summed E-state index contributed by atoms with van der Waals surface area (Å²) in [5, 5.41) is 14.7. The summed E-state index contributed by atoms with van der Waals surface area (Å²) in [5.74, 6) is 0.686. The normalized spacial score (nSPS) is 12.5. The number of hydrogen-bond donors (Lipinski definition) is 1. The van der Waals surface area contributed by atoms with Crippen LogP contribution < -0.4 is 5.32 Å². The van der Waals surface area contributed by atoms with Crippen LogP contribution in [0, 0.1) is 0 Å². The fourth-order valence-corrected chi connectivity index (χ4v) is 1.53. The molecule has 1 amide bonds. The number of hydrogen-bond acceptors (Lipinski definition) is 5. The summed E-state index contributed by atoms with van der Waals surface area (Å²) < 4.78 is 0. The fraction of sp³-hybridized carbons (Fsp3) is 0.800. The van der Waals surface area contributed by atoms with Crippen LogP contribution in [-0.4, -0.2) is 50.1 Å². The maximum absolute atomic E-state index is 11.9. The zero-order chi connectivity index (χ0) is 12.8. The van der Waals surface area contributed by atoms with Gasteiger partial charge in [0.15, 0.2) is 5.82 Å². The van der Waals surface area contributed by atoms with Crippen LogP contribution in [-0.2, 0) is 18.4 Å². The number of nitrogens with one attached hydrogen (secondary N) is 1. The van der Waals surface area contributed by atoms with Crippen LogP contribution >= 0.6 is 0 Å². The van der Waals surface area contributed by atoms with Crippen LogP contribution in [0.25, 0.3) is 0 Å². The van der Waals surface area contributed by atoms with E-state index in [1.807, 2.05) is 20.8 Å². The second kappa shape index (κ2) is 6.29. The highest BCUT2D eigenvalue weighted by Gasteiger charge is 2.17. The van der Waals surface area contributed by atoms with Crippen molar-refractivity contribution in [3.05, 3.63) is 5.82 Å². The van der Waals surface area contributed by atoms with Gasteiger partial charge in [-0.25, -0.2) is 0 Å². The lowest BCUT2D eigenvalue weighted by Crippen LogP contribution is -2.44. The minimum absolute atomic E-state index is 0.0962. The first kappa shape index (κ1) is 13.6. The third kappa shape index (κ3) is 3.77. The number of carbonyl (C=O) groups is 1. The van der Waals surface area contributed by atoms with E-state index >= 15 is 0 Å². The van der Waals surface area contributed by atoms with Crippen molar-refractivity contribution in [3.63, 3.8) is 0 Å². The van der Waals surface area contributed by atoms with Gasteiger partial charge < -0.3 is 4.90 Å². The Morgan fingerprint density at radius 3 is 2.59 bits per heavy atom. The molecule has 0 spiro atoms. The van der Waals surface area contributed by atoms with E-state index in [9.17, 15) is 4.79 Å². The molecule has 0 fully saturated rings. The van der Waals surface area contributed by atoms with Crippen molar-refractivity contribution < 1.29 is 4.79 Å². The van der Waals surface area contributed by atoms with Gasteiger partial charge in [0, 0.05) is 13.1 Å². The molecular formula is C10H20N6O. The summed E-state index contributed by atoms with van der Waals surface area (Å²) >= 11 is 0. The molecule has 0 aliphatic rings. The highest BCUT2D eigenvalue weighted by atomic mass is 16.2. The number of rotatable bonds is 6. The van der Waals surface area contributed by atoms with E-state index in [1.165, 1.54) is 4.80 Å². The first-order valence-electron chi connectivity index (χ1n) is 5.83. The topological polar surface area (TPSA) is 75.9 Å². The first-order valence-corrected chi connectivity index (χ1v) is 5.83. The third-order valence-electron chi connectivity index (χ3n) is 2.56. The van der Waals surface area contributed by atoms with Crippen LogP contribution in [0.5, 0.6) is 0 Å². The van der Waals surface area contributed by atoms with Gasteiger partial charge in [0.25, 0.3) is 0 Å². The van der Waals surface area contributed by atoms with E-state index < -0.39 is 0 Å². The summed E-state index contributed by atoms with van der Waals surface area (Å²) in [7, 11) is 1.71. The van der Waals surface area contributed by atoms with Crippen molar-refractivity contribution in [3.8, 4) is 0 Å². The van der Waals surface area contributed by atoms with Crippen LogP contribution in [0.1, 0.15) is 26.6 Å². The van der Waals surface area contributed by atoms with Crippen LogP contribution in [0.4, 0.5) is 0 Å². The van der Waals surface area contributed by atoms with Gasteiger partial charge in [0.05, 0.1) is 19.6 Å². The van der Waals surface area contributed by atoms with Gasteiger partial charge in [-0.1, -0.05) is 0 Å². The molecule has 1 aromatic rings. The van der Waals surface area contributed by atoms with Gasteiger partial charge in [0.1, 0.15) is 0 Å². The van der Waals surface area contributed by atoms with Crippen molar-refractivity contribution >= 4 is 5.91 Å². The lowest BCUT2D eigenvalue weighted by atomic mass is 10.3. The SMILES string of the molecule is CCN(CC)C(=O)C(C)NCc1nnn(C)n1. The van der Waals surface area contributed by atoms with Gasteiger partial charge in [-0.2, -0.15) is 4.80 Å².